The first-order valence-corrected chi connectivity index (χ1v) is 5.05. The fraction of sp³-hybridized carbons (Fsp3) is 0.385. The summed E-state index contributed by atoms with van der Waals surface area (Å²) >= 11 is 0. The second kappa shape index (κ2) is 2.88. The predicted octanol–water partition coefficient (Wildman–Crippen LogP) is 3.76. The van der Waals surface area contributed by atoms with Gasteiger partial charge in [0.05, 0.1) is 0 Å². The molecule has 74 valence electrons. The molecule has 1 aliphatic rings. The molecule has 0 saturated carbocycles. The van der Waals surface area contributed by atoms with Crippen LogP contribution >= 0.6 is 0 Å². The lowest BCUT2D eigenvalue weighted by atomic mass is 9.76. The highest BCUT2D eigenvalue weighted by Gasteiger charge is 2.34. The van der Waals surface area contributed by atoms with Crippen LogP contribution < -0.4 is 5.32 Å². The first-order chi connectivity index (χ1) is 6.50. The zero-order valence-corrected chi connectivity index (χ0v) is 9.09. The third-order valence-electron chi connectivity index (χ3n) is 2.78. The van der Waals surface area contributed by atoms with Gasteiger partial charge in [-0.15, -0.1) is 0 Å². The highest BCUT2D eigenvalue weighted by Crippen LogP contribution is 2.47. The molecule has 2 rings (SSSR count). The summed E-state index contributed by atoms with van der Waals surface area (Å²) in [6.07, 6.45) is 0. The standard InChI is InChI=1S/C13H17N/c1-9-12(13(2,3)4)10-7-5-6-8-11(10)14-9/h5-8,12,14H,1H2,2-4H3. The molecule has 0 radical (unpaired) electrons. The Balaban J connectivity index is 2.50. The van der Waals surface area contributed by atoms with Crippen LogP contribution in [0.2, 0.25) is 0 Å². The van der Waals surface area contributed by atoms with Gasteiger partial charge in [0.25, 0.3) is 0 Å². The molecule has 0 fully saturated rings. The van der Waals surface area contributed by atoms with Crippen molar-refractivity contribution in [2.24, 2.45) is 5.41 Å². The van der Waals surface area contributed by atoms with Crippen LogP contribution in [0.1, 0.15) is 32.3 Å². The van der Waals surface area contributed by atoms with E-state index in [0.29, 0.717) is 5.92 Å². The highest BCUT2D eigenvalue weighted by molar-refractivity contribution is 5.65. The summed E-state index contributed by atoms with van der Waals surface area (Å²) in [5.41, 5.74) is 3.96. The van der Waals surface area contributed by atoms with Gasteiger partial charge in [0.15, 0.2) is 0 Å². The van der Waals surface area contributed by atoms with Gasteiger partial charge < -0.3 is 5.32 Å². The topological polar surface area (TPSA) is 12.0 Å². The van der Waals surface area contributed by atoms with Crippen molar-refractivity contribution in [2.45, 2.75) is 26.7 Å². The molecule has 0 bridgehead atoms. The van der Waals surface area contributed by atoms with Crippen LogP contribution in [-0.4, -0.2) is 0 Å². The number of anilines is 1. The second-order valence-electron chi connectivity index (χ2n) is 5.04. The van der Waals surface area contributed by atoms with Gasteiger partial charge in [0.1, 0.15) is 0 Å². The molecule has 0 aromatic heterocycles. The van der Waals surface area contributed by atoms with E-state index in [0.717, 1.165) is 5.70 Å². The van der Waals surface area contributed by atoms with Crippen molar-refractivity contribution < 1.29 is 0 Å². The molecule has 1 heteroatoms. The van der Waals surface area contributed by atoms with E-state index >= 15 is 0 Å². The van der Waals surface area contributed by atoms with Crippen LogP contribution in [-0.2, 0) is 0 Å². The fourth-order valence-electron chi connectivity index (χ4n) is 2.28. The summed E-state index contributed by atoms with van der Waals surface area (Å²) in [5.74, 6) is 0.429. The van der Waals surface area contributed by atoms with Gasteiger partial charge in [-0.3, -0.25) is 0 Å². The van der Waals surface area contributed by atoms with E-state index in [1.807, 2.05) is 0 Å². The summed E-state index contributed by atoms with van der Waals surface area (Å²) in [4.78, 5) is 0. The van der Waals surface area contributed by atoms with E-state index in [1.165, 1.54) is 11.3 Å². The Morgan fingerprint density at radius 2 is 1.86 bits per heavy atom. The number of fused-ring (bicyclic) bond motifs is 1. The zero-order valence-electron chi connectivity index (χ0n) is 9.09. The third-order valence-corrected chi connectivity index (χ3v) is 2.78. The number of nitrogens with one attached hydrogen (secondary N) is 1. The number of para-hydroxylation sites is 1. The summed E-state index contributed by atoms with van der Waals surface area (Å²) in [5, 5.41) is 3.36. The minimum atomic E-state index is 0.233. The van der Waals surface area contributed by atoms with Crippen molar-refractivity contribution in [2.75, 3.05) is 5.32 Å². The number of allylic oxidation sites excluding steroid dienone is 1. The summed E-state index contributed by atoms with van der Waals surface area (Å²) in [7, 11) is 0. The van der Waals surface area contributed by atoms with Gasteiger partial charge in [-0.1, -0.05) is 45.5 Å². The minimum Gasteiger partial charge on any atom is -0.359 e. The van der Waals surface area contributed by atoms with Crippen LogP contribution in [0.25, 0.3) is 0 Å². The maximum absolute atomic E-state index is 4.11. The first-order valence-electron chi connectivity index (χ1n) is 5.05. The maximum atomic E-state index is 4.11. The largest absolute Gasteiger partial charge is 0.359 e. The van der Waals surface area contributed by atoms with E-state index < -0.39 is 0 Å². The normalized spacial score (nSPS) is 20.5. The number of benzene rings is 1. The lowest BCUT2D eigenvalue weighted by Crippen LogP contribution is -2.18. The molecule has 1 aliphatic heterocycles. The second-order valence-corrected chi connectivity index (χ2v) is 5.04. The maximum Gasteiger partial charge on any atom is 0.0421 e. The van der Waals surface area contributed by atoms with Crippen molar-refractivity contribution >= 4 is 5.69 Å². The van der Waals surface area contributed by atoms with E-state index in [4.69, 9.17) is 0 Å². The van der Waals surface area contributed by atoms with Gasteiger partial charge in [0.2, 0.25) is 0 Å². The molecule has 1 atom stereocenters. The molecule has 0 spiro atoms. The first kappa shape index (κ1) is 9.32. The molecule has 0 aliphatic carbocycles. The average Bonchev–Trinajstić information content (AvgIpc) is 2.38. The average molecular weight is 187 g/mol. The Morgan fingerprint density at radius 3 is 2.50 bits per heavy atom. The lowest BCUT2D eigenvalue weighted by molar-refractivity contribution is 0.362. The van der Waals surface area contributed by atoms with Gasteiger partial charge in [-0.05, 0) is 17.0 Å². The fourth-order valence-corrected chi connectivity index (χ4v) is 2.28. The van der Waals surface area contributed by atoms with Crippen LogP contribution in [0.4, 0.5) is 5.69 Å². The van der Waals surface area contributed by atoms with Crippen LogP contribution in [0.15, 0.2) is 36.5 Å². The van der Waals surface area contributed by atoms with Crippen molar-refractivity contribution in [3.05, 3.63) is 42.1 Å². The molecule has 1 nitrogen and oxygen atoms in total. The molecule has 1 heterocycles. The van der Waals surface area contributed by atoms with E-state index in [9.17, 15) is 0 Å². The Morgan fingerprint density at radius 1 is 1.21 bits per heavy atom. The Labute approximate surface area is 85.8 Å². The highest BCUT2D eigenvalue weighted by atomic mass is 14.9. The van der Waals surface area contributed by atoms with Crippen molar-refractivity contribution in [1.29, 1.82) is 0 Å². The van der Waals surface area contributed by atoms with Crippen LogP contribution in [0, 0.1) is 5.41 Å². The quantitative estimate of drug-likeness (QED) is 0.652. The van der Waals surface area contributed by atoms with Crippen molar-refractivity contribution in [3.8, 4) is 0 Å². The number of hydrogen-bond donors (Lipinski definition) is 1. The van der Waals surface area contributed by atoms with Gasteiger partial charge in [-0.25, -0.2) is 0 Å². The van der Waals surface area contributed by atoms with Gasteiger partial charge in [-0.2, -0.15) is 0 Å². The number of rotatable bonds is 0. The zero-order chi connectivity index (χ0) is 10.3. The minimum absolute atomic E-state index is 0.233. The Bertz CT molecular complexity index is 371. The Kier molecular flexibility index (Phi) is 1.91. The predicted molar refractivity (Wildman–Crippen MR) is 61.4 cm³/mol. The van der Waals surface area contributed by atoms with Gasteiger partial charge >= 0.3 is 0 Å². The number of hydrogen-bond acceptors (Lipinski definition) is 1. The molecular formula is C13H17N. The Hall–Kier alpha value is -1.24. The lowest BCUT2D eigenvalue weighted by Gasteiger charge is -2.27. The molecule has 1 N–H and O–H groups in total. The van der Waals surface area contributed by atoms with Crippen LogP contribution in [0.3, 0.4) is 0 Å². The monoisotopic (exact) mass is 187 g/mol. The third kappa shape index (κ3) is 1.33. The van der Waals surface area contributed by atoms with Gasteiger partial charge in [0, 0.05) is 17.3 Å². The van der Waals surface area contributed by atoms with Crippen LogP contribution in [0.5, 0.6) is 0 Å². The molecule has 0 amide bonds. The molecular weight excluding hydrogens is 170 g/mol. The smallest absolute Gasteiger partial charge is 0.0421 e. The van der Waals surface area contributed by atoms with E-state index in [1.54, 1.807) is 0 Å². The van der Waals surface area contributed by atoms with Crippen molar-refractivity contribution in [1.82, 2.24) is 0 Å². The van der Waals surface area contributed by atoms with Crippen molar-refractivity contribution in [3.63, 3.8) is 0 Å². The molecule has 1 unspecified atom stereocenters. The molecule has 1 aromatic carbocycles. The SMILES string of the molecule is C=C1Nc2ccccc2C1C(C)(C)C. The summed E-state index contributed by atoms with van der Waals surface area (Å²) in [6.45, 7) is 10.9. The van der Waals surface area contributed by atoms with E-state index in [2.05, 4.69) is 56.9 Å². The summed E-state index contributed by atoms with van der Waals surface area (Å²) in [6, 6.07) is 8.46. The van der Waals surface area contributed by atoms with E-state index in [-0.39, 0.29) is 5.41 Å². The summed E-state index contributed by atoms with van der Waals surface area (Å²) < 4.78 is 0. The molecule has 1 aromatic rings. The molecule has 0 saturated heterocycles. The molecule has 14 heavy (non-hydrogen) atoms.